The van der Waals surface area contributed by atoms with Gasteiger partial charge in [-0.3, -0.25) is 28.1 Å². The SMILES string of the molecule is C[Si](CC[Si])(CCCN(CP(=O)(O)O)CP(=O)(O)O)CCCN(CP(=O)(O)O)CP(=O)(O)O. The molecule has 0 aromatic heterocycles. The number of hydrogen-bond acceptors (Lipinski definition) is 6. The Balaban J connectivity index is 5.03. The lowest BCUT2D eigenvalue weighted by molar-refractivity contribution is 0.276. The van der Waals surface area contributed by atoms with Crippen molar-refractivity contribution in [3.63, 3.8) is 0 Å². The van der Waals surface area contributed by atoms with E-state index in [-0.39, 0.29) is 13.1 Å². The van der Waals surface area contributed by atoms with Gasteiger partial charge in [0.1, 0.15) is 25.1 Å². The van der Waals surface area contributed by atoms with Crippen molar-refractivity contribution < 1.29 is 57.4 Å². The van der Waals surface area contributed by atoms with Crippen LogP contribution in [-0.2, 0) is 18.3 Å². The Bertz CT molecular complexity index is 675. The van der Waals surface area contributed by atoms with E-state index in [2.05, 4.69) is 16.8 Å². The van der Waals surface area contributed by atoms with Gasteiger partial charge in [0.15, 0.2) is 0 Å². The van der Waals surface area contributed by atoms with Crippen LogP contribution in [0.2, 0.25) is 30.7 Å². The fraction of sp³-hybridized carbons (Fsp3) is 1.00. The molecule has 0 rings (SSSR count). The molecule has 0 atom stereocenters. The monoisotopic (exact) mass is 591 g/mol. The molecule has 8 N–H and O–H groups in total. The van der Waals surface area contributed by atoms with Crippen molar-refractivity contribution in [2.45, 2.75) is 43.6 Å². The molecule has 0 heterocycles. The molecule has 0 fully saturated rings. The maximum absolute atomic E-state index is 11.3. The second kappa shape index (κ2) is 14.0. The zero-order chi connectivity index (χ0) is 26.1. The van der Waals surface area contributed by atoms with E-state index in [1.54, 1.807) is 0 Å². The Morgan fingerprint density at radius 1 is 0.606 bits per heavy atom. The zero-order valence-electron chi connectivity index (χ0n) is 18.4. The molecule has 197 valence electrons. The van der Waals surface area contributed by atoms with Crippen LogP contribution in [-0.4, -0.2) is 105 Å². The van der Waals surface area contributed by atoms with Crippen LogP contribution in [0, 0.1) is 0 Å². The molecule has 14 nitrogen and oxygen atoms in total. The summed E-state index contributed by atoms with van der Waals surface area (Å²) in [5.41, 5.74) is 0. The second-order valence-electron chi connectivity index (χ2n) is 8.53. The smallest absolute Gasteiger partial charge is 0.324 e. The van der Waals surface area contributed by atoms with Gasteiger partial charge in [-0.05, 0) is 25.9 Å². The Morgan fingerprint density at radius 2 is 0.879 bits per heavy atom. The van der Waals surface area contributed by atoms with E-state index in [4.69, 9.17) is 39.1 Å². The minimum atomic E-state index is -4.51. The minimum Gasteiger partial charge on any atom is -0.324 e. The van der Waals surface area contributed by atoms with Crippen molar-refractivity contribution in [3.05, 3.63) is 0 Å². The summed E-state index contributed by atoms with van der Waals surface area (Å²) in [7, 11) is -16.6. The normalized spacial score (nSPS) is 14.4. The van der Waals surface area contributed by atoms with E-state index in [1.807, 2.05) is 0 Å². The fourth-order valence-corrected chi connectivity index (χ4v) is 12.1. The Labute approximate surface area is 197 Å². The molecule has 0 saturated heterocycles. The van der Waals surface area contributed by atoms with Gasteiger partial charge in [0.25, 0.3) is 0 Å². The molecule has 0 unspecified atom stereocenters. The Hall–Kier alpha value is 0.954. The standard InChI is InChI=1S/C13H35N2O12P4Si2/c1-33(9-6-32,7-2-4-14(10-28(16,17)18)11-29(19,20)21)8-3-5-15(12-30(22,23)24)13-31(25,26)27/h2-13H2,1H3,(H2,16,17,18)(H2,19,20,21)(H2,22,23,24)(H2,25,26,27). The average molecular weight is 591 g/mol. The van der Waals surface area contributed by atoms with E-state index >= 15 is 0 Å². The molecule has 3 radical (unpaired) electrons. The van der Waals surface area contributed by atoms with E-state index in [0.717, 1.165) is 15.8 Å². The van der Waals surface area contributed by atoms with E-state index in [0.29, 0.717) is 31.0 Å². The van der Waals surface area contributed by atoms with E-state index < -0.39 is 63.6 Å². The molecule has 0 aromatic carbocycles. The molecule has 0 aliphatic heterocycles. The first-order valence-corrected chi connectivity index (χ1v) is 20.9. The highest BCUT2D eigenvalue weighted by Gasteiger charge is 2.30. The highest BCUT2D eigenvalue weighted by Crippen LogP contribution is 2.42. The van der Waals surface area contributed by atoms with Crippen molar-refractivity contribution in [2.24, 2.45) is 0 Å². The first-order valence-electron chi connectivity index (χ1n) is 9.91. The summed E-state index contributed by atoms with van der Waals surface area (Å²) in [6.45, 7) is 2.21. The highest BCUT2D eigenvalue weighted by molar-refractivity contribution is 7.53. The zero-order valence-corrected chi connectivity index (χ0v) is 24.0. The second-order valence-corrected chi connectivity index (χ2v) is 20.6. The summed E-state index contributed by atoms with van der Waals surface area (Å²) >= 11 is 0. The minimum absolute atomic E-state index is 0.0725. The summed E-state index contributed by atoms with van der Waals surface area (Å²) in [6.07, 6.45) is -2.21. The predicted octanol–water partition coefficient (Wildman–Crippen LogP) is 0.577. The third-order valence-corrected chi connectivity index (χ3v) is 13.2. The quantitative estimate of drug-likeness (QED) is 0.0804. The lowest BCUT2D eigenvalue weighted by Crippen LogP contribution is -2.34. The molecule has 0 bridgehead atoms. The van der Waals surface area contributed by atoms with Gasteiger partial charge >= 0.3 is 30.4 Å². The lowest BCUT2D eigenvalue weighted by Gasteiger charge is -2.30. The maximum atomic E-state index is 11.3. The van der Waals surface area contributed by atoms with E-state index in [1.165, 1.54) is 0 Å². The van der Waals surface area contributed by atoms with Crippen LogP contribution < -0.4 is 0 Å². The van der Waals surface area contributed by atoms with Crippen molar-refractivity contribution in [1.82, 2.24) is 9.80 Å². The molecule has 0 aliphatic rings. The van der Waals surface area contributed by atoms with Crippen LogP contribution in [0.5, 0.6) is 0 Å². The highest BCUT2D eigenvalue weighted by atomic mass is 31.2. The van der Waals surface area contributed by atoms with Gasteiger partial charge in [0, 0.05) is 10.2 Å². The molecule has 0 saturated carbocycles. The van der Waals surface area contributed by atoms with Gasteiger partial charge in [-0.25, -0.2) is 0 Å². The van der Waals surface area contributed by atoms with Gasteiger partial charge in [-0.2, -0.15) is 0 Å². The fourth-order valence-electron chi connectivity index (χ4n) is 3.55. The summed E-state index contributed by atoms with van der Waals surface area (Å²) < 4.78 is 45.1. The summed E-state index contributed by atoms with van der Waals surface area (Å²) in [6, 6.07) is 2.80. The van der Waals surface area contributed by atoms with Crippen molar-refractivity contribution >= 4 is 48.7 Å². The number of hydrogen-bond donors (Lipinski definition) is 8. The molecular weight excluding hydrogens is 556 g/mol. The van der Waals surface area contributed by atoms with Crippen LogP contribution in [0.25, 0.3) is 0 Å². The van der Waals surface area contributed by atoms with Gasteiger partial charge in [0.05, 0.1) is 8.07 Å². The predicted molar refractivity (Wildman–Crippen MR) is 127 cm³/mol. The Morgan fingerprint density at radius 3 is 1.09 bits per heavy atom. The van der Waals surface area contributed by atoms with Crippen molar-refractivity contribution in [2.75, 3.05) is 38.2 Å². The summed E-state index contributed by atoms with van der Waals surface area (Å²) in [5, 5.41) is 0. The van der Waals surface area contributed by atoms with Gasteiger partial charge in [0.2, 0.25) is 0 Å². The third-order valence-electron chi connectivity index (χ3n) is 4.77. The lowest BCUT2D eigenvalue weighted by atomic mass is 10.4. The Kier molecular flexibility index (Phi) is 14.4. The van der Waals surface area contributed by atoms with Gasteiger partial charge in [-0.15, -0.1) is 0 Å². The van der Waals surface area contributed by atoms with Crippen molar-refractivity contribution in [1.29, 1.82) is 0 Å². The molecule has 33 heavy (non-hydrogen) atoms. The van der Waals surface area contributed by atoms with Crippen LogP contribution in [0.15, 0.2) is 0 Å². The maximum Gasteiger partial charge on any atom is 0.339 e. The first kappa shape index (κ1) is 34.0. The van der Waals surface area contributed by atoms with Crippen LogP contribution in [0.3, 0.4) is 0 Å². The van der Waals surface area contributed by atoms with Gasteiger partial charge < -0.3 is 39.1 Å². The van der Waals surface area contributed by atoms with Crippen molar-refractivity contribution in [3.8, 4) is 0 Å². The molecular formula is C13H35N2O12P4Si2. The summed E-state index contributed by atoms with van der Waals surface area (Å²) in [4.78, 5) is 75.4. The summed E-state index contributed by atoms with van der Waals surface area (Å²) in [5.74, 6) is 0. The van der Waals surface area contributed by atoms with Gasteiger partial charge in [-0.1, -0.05) is 30.7 Å². The molecule has 0 spiro atoms. The van der Waals surface area contributed by atoms with Crippen LogP contribution in [0.1, 0.15) is 12.8 Å². The third kappa shape index (κ3) is 20.8. The topological polar surface area (TPSA) is 237 Å². The number of rotatable bonds is 18. The molecule has 20 heteroatoms. The van der Waals surface area contributed by atoms with Crippen LogP contribution >= 0.6 is 30.4 Å². The molecule has 0 aromatic rings. The van der Waals surface area contributed by atoms with E-state index in [9.17, 15) is 18.3 Å². The molecule has 0 aliphatic carbocycles. The average Bonchev–Trinajstić information content (AvgIpc) is 2.48. The van der Waals surface area contributed by atoms with Crippen LogP contribution in [0.4, 0.5) is 0 Å². The first-order chi connectivity index (χ1) is 14.6. The molecule has 0 amide bonds. The number of nitrogens with zero attached hydrogens (tertiary/aromatic N) is 2. The largest absolute Gasteiger partial charge is 0.339 e.